The number of para-hydroxylation sites is 3. The van der Waals surface area contributed by atoms with Gasteiger partial charge in [0, 0.05) is 33.5 Å². The first-order chi connectivity index (χ1) is 23.0. The van der Waals surface area contributed by atoms with Crippen molar-refractivity contribution in [2.45, 2.75) is 19.3 Å². The van der Waals surface area contributed by atoms with E-state index in [9.17, 15) is 0 Å². The zero-order valence-corrected chi connectivity index (χ0v) is 26.0. The summed E-state index contributed by atoms with van der Waals surface area (Å²) in [4.78, 5) is 2.34. The Morgan fingerprint density at radius 1 is 0.426 bits per heavy atom. The van der Waals surface area contributed by atoms with E-state index in [0.717, 1.165) is 44.9 Å². The molecule has 1 aliphatic carbocycles. The average Bonchev–Trinajstić information content (AvgIpc) is 3.34. The second kappa shape index (κ2) is 9.51. The van der Waals surface area contributed by atoms with E-state index in [0.29, 0.717) is 23.0 Å². The van der Waals surface area contributed by atoms with Gasteiger partial charge in [-0.25, -0.2) is 0 Å². The molecule has 47 heavy (non-hydrogen) atoms. The minimum absolute atomic E-state index is 0.137. The quantitative estimate of drug-likeness (QED) is 0.200. The molecule has 2 heterocycles. The second-order valence-corrected chi connectivity index (χ2v) is 12.9. The Bertz CT molecular complexity index is 2440. The Hall–Kier alpha value is -6.00. The molecular formula is C43H29NO3. The smallest absolute Gasteiger partial charge is 0.172 e. The lowest BCUT2D eigenvalue weighted by Gasteiger charge is -2.31. The summed E-state index contributed by atoms with van der Waals surface area (Å²) < 4.78 is 19.1. The van der Waals surface area contributed by atoms with E-state index in [4.69, 9.17) is 14.2 Å². The molecule has 0 bridgehead atoms. The normalized spacial score (nSPS) is 14.0. The molecule has 0 fully saturated rings. The molecule has 0 amide bonds. The molecule has 7 aromatic carbocycles. The Morgan fingerprint density at radius 2 is 1.02 bits per heavy atom. The fraction of sp³-hybridized carbons (Fsp3) is 0.0698. The minimum atomic E-state index is -0.137. The lowest BCUT2D eigenvalue weighted by atomic mass is 9.82. The van der Waals surface area contributed by atoms with E-state index >= 15 is 0 Å². The zero-order valence-electron chi connectivity index (χ0n) is 26.0. The van der Waals surface area contributed by atoms with Crippen LogP contribution in [0.1, 0.15) is 25.0 Å². The first-order valence-electron chi connectivity index (χ1n) is 16.0. The van der Waals surface area contributed by atoms with Crippen LogP contribution in [0.25, 0.3) is 33.0 Å². The van der Waals surface area contributed by atoms with Gasteiger partial charge in [0.05, 0.1) is 11.4 Å². The maximum atomic E-state index is 6.47. The van der Waals surface area contributed by atoms with Crippen molar-refractivity contribution in [3.63, 3.8) is 0 Å². The average molecular weight is 608 g/mol. The Labute approximate surface area is 273 Å². The molecule has 4 nitrogen and oxygen atoms in total. The van der Waals surface area contributed by atoms with Gasteiger partial charge in [0.2, 0.25) is 0 Å². The van der Waals surface area contributed by atoms with E-state index in [2.05, 4.69) is 116 Å². The highest BCUT2D eigenvalue weighted by Gasteiger charge is 2.36. The number of ether oxygens (including phenoxy) is 3. The maximum absolute atomic E-state index is 6.47. The number of hydrogen-bond acceptors (Lipinski definition) is 4. The number of nitrogens with zero attached hydrogens (tertiary/aromatic N) is 1. The number of rotatable bonds is 3. The molecule has 7 aromatic rings. The summed E-state index contributed by atoms with van der Waals surface area (Å²) in [5, 5.41) is 2.21. The monoisotopic (exact) mass is 607 g/mol. The van der Waals surface area contributed by atoms with Gasteiger partial charge in [-0.1, -0.05) is 92.7 Å². The predicted octanol–water partition coefficient (Wildman–Crippen LogP) is 12.3. The van der Waals surface area contributed by atoms with Crippen LogP contribution >= 0.6 is 0 Å². The van der Waals surface area contributed by atoms with E-state index in [-0.39, 0.29) is 5.41 Å². The first kappa shape index (κ1) is 26.2. The molecule has 224 valence electrons. The third kappa shape index (κ3) is 3.76. The van der Waals surface area contributed by atoms with Crippen LogP contribution in [0.5, 0.6) is 34.5 Å². The molecule has 0 saturated heterocycles. The van der Waals surface area contributed by atoms with Crippen molar-refractivity contribution in [1.29, 1.82) is 0 Å². The Kier molecular flexibility index (Phi) is 5.31. The Balaban J connectivity index is 1.20. The first-order valence-corrected chi connectivity index (χ1v) is 16.0. The van der Waals surface area contributed by atoms with Crippen LogP contribution in [0.3, 0.4) is 0 Å². The van der Waals surface area contributed by atoms with Gasteiger partial charge in [0.1, 0.15) is 11.5 Å². The maximum Gasteiger partial charge on any atom is 0.172 e. The molecule has 10 rings (SSSR count). The van der Waals surface area contributed by atoms with Gasteiger partial charge in [-0.2, -0.15) is 0 Å². The summed E-state index contributed by atoms with van der Waals surface area (Å²) in [5.41, 5.74) is 10.5. The van der Waals surface area contributed by atoms with Crippen molar-refractivity contribution in [2.24, 2.45) is 0 Å². The van der Waals surface area contributed by atoms with Crippen LogP contribution in [0.2, 0.25) is 0 Å². The molecule has 4 heteroatoms. The summed E-state index contributed by atoms with van der Waals surface area (Å²) in [6.07, 6.45) is 0. The predicted molar refractivity (Wildman–Crippen MR) is 188 cm³/mol. The standard InChI is InChI=1S/C43H29NO3/c1-43(2)33-13-5-3-10-28(33)29-20-18-26(24-34(29)43)44(27-19-23-39-41(25-27)47-38-16-8-7-15-37(38)46-39)35-22-21-31-30-11-4-6-14-36(30)45-40-17-9-12-32(35)42(31)40/h3-25H,1-2H3. The van der Waals surface area contributed by atoms with Gasteiger partial charge in [0.15, 0.2) is 23.0 Å². The van der Waals surface area contributed by atoms with E-state index in [1.165, 1.54) is 27.8 Å². The molecule has 3 aliphatic rings. The lowest BCUT2D eigenvalue weighted by Crippen LogP contribution is -2.17. The van der Waals surface area contributed by atoms with Crippen LogP contribution in [0.4, 0.5) is 17.1 Å². The van der Waals surface area contributed by atoms with E-state index in [1.54, 1.807) is 0 Å². The number of fused-ring (bicyclic) bond motifs is 7. The molecule has 0 spiro atoms. The third-order valence-electron chi connectivity index (χ3n) is 9.92. The fourth-order valence-corrected chi connectivity index (χ4v) is 7.67. The minimum Gasteiger partial charge on any atom is -0.456 e. The summed E-state index contributed by atoms with van der Waals surface area (Å²) in [5.74, 6) is 4.54. The number of hydrogen-bond donors (Lipinski definition) is 0. The molecule has 0 N–H and O–H groups in total. The summed E-state index contributed by atoms with van der Waals surface area (Å²) >= 11 is 0. The summed E-state index contributed by atoms with van der Waals surface area (Å²) in [6, 6.07) is 48.7. The van der Waals surface area contributed by atoms with Crippen molar-refractivity contribution < 1.29 is 14.2 Å². The highest BCUT2D eigenvalue weighted by molar-refractivity contribution is 6.11. The van der Waals surface area contributed by atoms with Crippen molar-refractivity contribution >= 4 is 27.8 Å². The molecule has 0 saturated carbocycles. The molecule has 2 aliphatic heterocycles. The van der Waals surface area contributed by atoms with Crippen LogP contribution in [0, 0.1) is 0 Å². The van der Waals surface area contributed by atoms with Gasteiger partial charge in [-0.15, -0.1) is 0 Å². The van der Waals surface area contributed by atoms with Gasteiger partial charge in [-0.05, 0) is 82.4 Å². The van der Waals surface area contributed by atoms with Crippen molar-refractivity contribution in [2.75, 3.05) is 4.90 Å². The highest BCUT2D eigenvalue weighted by atomic mass is 16.6. The van der Waals surface area contributed by atoms with Gasteiger partial charge >= 0.3 is 0 Å². The Morgan fingerprint density at radius 3 is 1.87 bits per heavy atom. The molecule has 0 radical (unpaired) electrons. The summed E-state index contributed by atoms with van der Waals surface area (Å²) in [6.45, 7) is 4.65. The lowest BCUT2D eigenvalue weighted by molar-refractivity contribution is 0.360. The van der Waals surface area contributed by atoms with Crippen LogP contribution in [-0.2, 0) is 5.41 Å². The van der Waals surface area contributed by atoms with E-state index in [1.807, 2.05) is 42.5 Å². The van der Waals surface area contributed by atoms with Crippen molar-refractivity contribution in [3.8, 4) is 56.8 Å². The second-order valence-electron chi connectivity index (χ2n) is 12.9. The third-order valence-corrected chi connectivity index (χ3v) is 9.92. The largest absolute Gasteiger partial charge is 0.456 e. The highest BCUT2D eigenvalue weighted by Crippen LogP contribution is 2.54. The number of benzene rings is 7. The SMILES string of the molecule is CC1(C)c2ccccc2-c2ccc(N(c3ccc4c(c3)Oc3ccccc3O4)c3ccc4c5c(cccc35)Oc3ccccc3-4)cc21. The van der Waals surface area contributed by atoms with Crippen LogP contribution in [-0.4, -0.2) is 0 Å². The van der Waals surface area contributed by atoms with Gasteiger partial charge in [0.25, 0.3) is 0 Å². The van der Waals surface area contributed by atoms with Gasteiger partial charge < -0.3 is 19.1 Å². The van der Waals surface area contributed by atoms with Crippen molar-refractivity contribution in [1.82, 2.24) is 0 Å². The number of anilines is 3. The molecular weight excluding hydrogens is 578 g/mol. The zero-order chi connectivity index (χ0) is 31.3. The fourth-order valence-electron chi connectivity index (χ4n) is 7.67. The van der Waals surface area contributed by atoms with Crippen LogP contribution in [0.15, 0.2) is 140 Å². The van der Waals surface area contributed by atoms with Crippen molar-refractivity contribution in [3.05, 3.63) is 151 Å². The van der Waals surface area contributed by atoms with Crippen LogP contribution < -0.4 is 19.1 Å². The molecule has 0 unspecified atom stereocenters. The molecule has 0 aromatic heterocycles. The van der Waals surface area contributed by atoms with E-state index < -0.39 is 0 Å². The van der Waals surface area contributed by atoms with Gasteiger partial charge in [-0.3, -0.25) is 0 Å². The molecule has 0 atom stereocenters. The summed E-state index contributed by atoms with van der Waals surface area (Å²) in [7, 11) is 0. The topological polar surface area (TPSA) is 30.9 Å².